The van der Waals surface area contributed by atoms with Crippen molar-refractivity contribution in [3.8, 4) is 0 Å². The van der Waals surface area contributed by atoms with E-state index in [2.05, 4.69) is 9.82 Å². The minimum atomic E-state index is -0.312. The van der Waals surface area contributed by atoms with Crippen molar-refractivity contribution >= 4 is 0 Å². The highest BCUT2D eigenvalue weighted by Crippen LogP contribution is 2.47. The molecule has 1 aromatic heterocycles. The van der Waals surface area contributed by atoms with Crippen molar-refractivity contribution in [2.45, 2.75) is 18.3 Å². The lowest BCUT2D eigenvalue weighted by molar-refractivity contribution is 0.115. The average molecular weight is 182 g/mol. The van der Waals surface area contributed by atoms with Crippen LogP contribution in [0.5, 0.6) is 0 Å². The number of nitrogens with zero attached hydrogens (tertiary/aromatic N) is 1. The van der Waals surface area contributed by atoms with E-state index in [1.165, 1.54) is 12.3 Å². The first-order valence-electron chi connectivity index (χ1n) is 4.21. The smallest absolute Gasteiger partial charge is 0.141 e. The van der Waals surface area contributed by atoms with Gasteiger partial charge in [-0.2, -0.15) is 0 Å². The van der Waals surface area contributed by atoms with Crippen LogP contribution in [0, 0.1) is 5.82 Å². The molecule has 1 aliphatic carbocycles. The van der Waals surface area contributed by atoms with Gasteiger partial charge in [-0.25, -0.2) is 10.3 Å². The molecule has 2 rings (SSSR count). The molecular weight excluding hydrogens is 171 g/mol. The molecule has 0 bridgehead atoms. The summed E-state index contributed by atoms with van der Waals surface area (Å²) in [4.78, 5) is 8.64. The van der Waals surface area contributed by atoms with Crippen LogP contribution in [0.4, 0.5) is 4.39 Å². The van der Waals surface area contributed by atoms with Crippen molar-refractivity contribution in [1.82, 2.24) is 4.98 Å². The second-order valence-corrected chi connectivity index (χ2v) is 3.45. The number of aromatic nitrogens is 1. The van der Waals surface area contributed by atoms with E-state index in [-0.39, 0.29) is 11.2 Å². The Morgan fingerprint density at radius 3 is 2.77 bits per heavy atom. The van der Waals surface area contributed by atoms with Crippen LogP contribution in [0.2, 0.25) is 0 Å². The van der Waals surface area contributed by atoms with Gasteiger partial charge in [-0.1, -0.05) is 0 Å². The van der Waals surface area contributed by atoms with Gasteiger partial charge in [0.1, 0.15) is 5.82 Å². The Morgan fingerprint density at radius 2 is 2.31 bits per heavy atom. The van der Waals surface area contributed by atoms with E-state index >= 15 is 0 Å². The molecule has 0 amide bonds. The number of rotatable bonds is 3. The Morgan fingerprint density at radius 1 is 1.54 bits per heavy atom. The predicted octanol–water partition coefficient (Wildman–Crippen LogP) is 1.14. The van der Waals surface area contributed by atoms with Crippen LogP contribution in [0.25, 0.3) is 0 Å². The third kappa shape index (κ3) is 1.55. The van der Waals surface area contributed by atoms with E-state index < -0.39 is 0 Å². The third-order valence-electron chi connectivity index (χ3n) is 2.48. The molecule has 1 saturated carbocycles. The summed E-state index contributed by atoms with van der Waals surface area (Å²) in [5, 5.41) is 0. The van der Waals surface area contributed by atoms with Gasteiger partial charge in [0.2, 0.25) is 0 Å². The topological polar surface area (TPSA) is 48.1 Å². The first kappa shape index (κ1) is 8.59. The molecule has 2 N–H and O–H groups in total. The van der Waals surface area contributed by atoms with Crippen LogP contribution in [0.3, 0.4) is 0 Å². The van der Waals surface area contributed by atoms with Gasteiger partial charge >= 0.3 is 0 Å². The summed E-state index contributed by atoms with van der Waals surface area (Å²) in [5.41, 5.74) is 0.835. The number of hydrogen-bond acceptors (Lipinski definition) is 3. The van der Waals surface area contributed by atoms with Gasteiger partial charge in [0.25, 0.3) is 0 Å². The van der Waals surface area contributed by atoms with Crippen molar-refractivity contribution in [3.63, 3.8) is 0 Å². The molecule has 70 valence electrons. The summed E-state index contributed by atoms with van der Waals surface area (Å²) >= 11 is 0. The molecule has 0 aliphatic heterocycles. The molecule has 1 aliphatic rings. The molecule has 1 fully saturated rings. The van der Waals surface area contributed by atoms with Gasteiger partial charge in [-0.3, -0.25) is 4.98 Å². The molecule has 0 unspecified atom stereocenters. The van der Waals surface area contributed by atoms with Crippen LogP contribution in [-0.2, 0) is 10.3 Å². The zero-order valence-electron chi connectivity index (χ0n) is 7.16. The Balaban J connectivity index is 2.20. The van der Waals surface area contributed by atoms with Gasteiger partial charge in [-0.15, -0.1) is 0 Å². The molecule has 0 spiro atoms. The van der Waals surface area contributed by atoms with Gasteiger partial charge < -0.3 is 4.84 Å². The summed E-state index contributed by atoms with van der Waals surface area (Å²) in [5.74, 6) is 4.71. The summed E-state index contributed by atoms with van der Waals surface area (Å²) in [7, 11) is 0. The Kier molecular flexibility index (Phi) is 2.01. The lowest BCUT2D eigenvalue weighted by Gasteiger charge is -2.11. The molecule has 3 nitrogen and oxygen atoms in total. The van der Waals surface area contributed by atoms with Crippen LogP contribution < -0.4 is 5.90 Å². The number of halogens is 1. The van der Waals surface area contributed by atoms with E-state index in [4.69, 9.17) is 5.90 Å². The van der Waals surface area contributed by atoms with Crippen molar-refractivity contribution in [1.29, 1.82) is 0 Å². The summed E-state index contributed by atoms with van der Waals surface area (Å²) in [6, 6.07) is 3.11. The molecule has 0 aromatic carbocycles. The molecule has 0 saturated heterocycles. The minimum Gasteiger partial charge on any atom is -0.304 e. The molecule has 0 atom stereocenters. The van der Waals surface area contributed by atoms with Gasteiger partial charge in [0.05, 0.1) is 12.8 Å². The summed E-state index contributed by atoms with van der Waals surface area (Å²) < 4.78 is 12.6. The SMILES string of the molecule is NOCC1(c2ccc(F)cn2)CC1. The lowest BCUT2D eigenvalue weighted by Crippen LogP contribution is -2.19. The lowest BCUT2D eigenvalue weighted by atomic mass is 10.0. The fraction of sp³-hybridized carbons (Fsp3) is 0.444. The minimum absolute atomic E-state index is 0.0392. The third-order valence-corrected chi connectivity index (χ3v) is 2.48. The fourth-order valence-electron chi connectivity index (χ4n) is 1.47. The zero-order valence-corrected chi connectivity index (χ0v) is 7.16. The second-order valence-electron chi connectivity index (χ2n) is 3.45. The van der Waals surface area contributed by atoms with Crippen LogP contribution in [-0.4, -0.2) is 11.6 Å². The van der Waals surface area contributed by atoms with Crippen LogP contribution in [0.1, 0.15) is 18.5 Å². The predicted molar refractivity (Wildman–Crippen MR) is 45.2 cm³/mol. The van der Waals surface area contributed by atoms with Crippen molar-refractivity contribution in [2.24, 2.45) is 5.90 Å². The highest BCUT2D eigenvalue weighted by molar-refractivity contribution is 5.24. The van der Waals surface area contributed by atoms with Gasteiger partial charge in [0, 0.05) is 11.1 Å². The number of nitrogens with two attached hydrogens (primary N) is 1. The maximum Gasteiger partial charge on any atom is 0.141 e. The Hall–Kier alpha value is -1.00. The Labute approximate surface area is 75.7 Å². The average Bonchev–Trinajstić information content (AvgIpc) is 2.87. The fourth-order valence-corrected chi connectivity index (χ4v) is 1.47. The van der Waals surface area contributed by atoms with E-state index in [1.807, 2.05) is 0 Å². The largest absolute Gasteiger partial charge is 0.304 e. The second kappa shape index (κ2) is 3.05. The normalized spacial score (nSPS) is 18.6. The molecule has 13 heavy (non-hydrogen) atoms. The first-order chi connectivity index (χ1) is 6.27. The van der Waals surface area contributed by atoms with Crippen molar-refractivity contribution in [3.05, 3.63) is 29.8 Å². The highest BCUT2D eigenvalue weighted by atomic mass is 19.1. The molecular formula is C9H11FN2O. The first-order valence-corrected chi connectivity index (χ1v) is 4.21. The van der Waals surface area contributed by atoms with E-state index in [0.29, 0.717) is 6.61 Å². The van der Waals surface area contributed by atoms with Crippen molar-refractivity contribution in [2.75, 3.05) is 6.61 Å². The zero-order chi connectivity index (χ0) is 9.31. The standard InChI is InChI=1S/C9H11FN2O/c10-7-1-2-8(12-5-7)9(3-4-9)6-13-11/h1-2,5H,3-4,6,11H2. The number of hydrogen-bond donors (Lipinski definition) is 1. The van der Waals surface area contributed by atoms with E-state index in [0.717, 1.165) is 18.5 Å². The van der Waals surface area contributed by atoms with Crippen LogP contribution >= 0.6 is 0 Å². The van der Waals surface area contributed by atoms with E-state index in [1.54, 1.807) is 6.07 Å². The number of pyridine rings is 1. The molecule has 4 heteroatoms. The summed E-state index contributed by atoms with van der Waals surface area (Å²) in [6.45, 7) is 0.464. The van der Waals surface area contributed by atoms with Crippen LogP contribution in [0.15, 0.2) is 18.3 Å². The van der Waals surface area contributed by atoms with E-state index in [9.17, 15) is 4.39 Å². The quantitative estimate of drug-likeness (QED) is 0.713. The monoisotopic (exact) mass is 182 g/mol. The Bertz CT molecular complexity index is 295. The van der Waals surface area contributed by atoms with Gasteiger partial charge in [0.15, 0.2) is 0 Å². The maximum absolute atomic E-state index is 12.6. The summed E-state index contributed by atoms with van der Waals surface area (Å²) in [6.07, 6.45) is 3.26. The molecule has 1 heterocycles. The highest BCUT2D eigenvalue weighted by Gasteiger charge is 2.45. The van der Waals surface area contributed by atoms with Gasteiger partial charge in [-0.05, 0) is 25.0 Å². The molecule has 1 aromatic rings. The maximum atomic E-state index is 12.6. The van der Waals surface area contributed by atoms with Crippen molar-refractivity contribution < 1.29 is 9.23 Å². The molecule has 0 radical (unpaired) electrons.